The molecular formula is FeS3W. The Labute approximate surface area is 77.9 Å². The predicted molar refractivity (Wildman–Crippen MR) is 22.1 cm³/mol. The van der Waals surface area contributed by atoms with Crippen LogP contribution in [0.3, 0.4) is 0 Å². The molecule has 0 rings (SSSR count). The first kappa shape index (κ1) is 55.8. The molecule has 0 aromatic carbocycles. The molecule has 0 nitrogen and oxygen atoms in total. The van der Waals surface area contributed by atoms with Gasteiger partial charge < -0.3 is 40.5 Å². The van der Waals surface area contributed by atoms with Crippen LogP contribution in [-0.4, -0.2) is 0 Å². The second kappa shape index (κ2) is 33.9. The second-order valence-electron chi connectivity index (χ2n) is 0. The molecule has 0 bridgehead atoms. The molecular weight excluding hydrogens is 336 g/mol. The van der Waals surface area contributed by atoms with Crippen LogP contribution >= 0.6 is 0 Å². The average Bonchev–Trinajstić information content (AvgIpc) is 0. The van der Waals surface area contributed by atoms with E-state index < -0.39 is 0 Å². The summed E-state index contributed by atoms with van der Waals surface area (Å²) < 4.78 is 0. The molecule has 0 saturated heterocycles. The SMILES string of the molecule is [Fe+2].[S-2].[S-2].[S-2].[W+4]. The van der Waals surface area contributed by atoms with Crippen LogP contribution in [0.5, 0.6) is 0 Å². The molecule has 0 aliphatic carbocycles. The maximum atomic E-state index is 0. The van der Waals surface area contributed by atoms with Crippen molar-refractivity contribution in [2.75, 3.05) is 0 Å². The van der Waals surface area contributed by atoms with E-state index >= 15 is 0 Å². The molecule has 0 radical (unpaired) electrons. The van der Waals surface area contributed by atoms with E-state index in [9.17, 15) is 0 Å². The van der Waals surface area contributed by atoms with Crippen LogP contribution < -0.4 is 0 Å². The third-order valence-electron chi connectivity index (χ3n) is 0. The minimum absolute atomic E-state index is 0. The summed E-state index contributed by atoms with van der Waals surface area (Å²) in [6.45, 7) is 0. The van der Waals surface area contributed by atoms with Gasteiger partial charge >= 0.3 is 38.1 Å². The summed E-state index contributed by atoms with van der Waals surface area (Å²) in [5, 5.41) is 0. The van der Waals surface area contributed by atoms with E-state index in [0.717, 1.165) is 0 Å². The van der Waals surface area contributed by atoms with Crippen LogP contribution in [0.15, 0.2) is 0 Å². The van der Waals surface area contributed by atoms with Crippen LogP contribution in [0.4, 0.5) is 0 Å². The monoisotopic (exact) mass is 336 g/mol. The Hall–Kier alpha value is 2.26. The van der Waals surface area contributed by atoms with Gasteiger partial charge in [0.05, 0.1) is 0 Å². The normalized spacial score (nSPS) is 0. The molecule has 0 fully saturated rings. The molecule has 5 heteroatoms. The molecule has 0 atom stereocenters. The number of hydrogen-bond donors (Lipinski definition) is 0. The van der Waals surface area contributed by atoms with E-state index in [1.165, 1.54) is 0 Å². The fourth-order valence-electron chi connectivity index (χ4n) is 0. The number of rotatable bonds is 0. The summed E-state index contributed by atoms with van der Waals surface area (Å²) in [6.07, 6.45) is 0. The van der Waals surface area contributed by atoms with E-state index in [-0.39, 0.29) is 78.6 Å². The maximum Gasteiger partial charge on any atom is 4.00 e. The van der Waals surface area contributed by atoms with Gasteiger partial charge in [-0.2, -0.15) is 0 Å². The van der Waals surface area contributed by atoms with Crippen molar-refractivity contribution in [3.8, 4) is 0 Å². The van der Waals surface area contributed by atoms with Gasteiger partial charge in [-0.05, 0) is 0 Å². The van der Waals surface area contributed by atoms with Gasteiger partial charge in [0, 0.05) is 0 Å². The Kier molecular flexibility index (Phi) is 378. The van der Waals surface area contributed by atoms with Crippen molar-refractivity contribution in [3.05, 3.63) is 0 Å². The van der Waals surface area contributed by atoms with Crippen LogP contribution in [0.1, 0.15) is 0 Å². The summed E-state index contributed by atoms with van der Waals surface area (Å²) in [7, 11) is 0. The van der Waals surface area contributed by atoms with Crippen LogP contribution in [-0.2, 0) is 78.6 Å². The van der Waals surface area contributed by atoms with Crippen LogP contribution in [0, 0.1) is 0 Å². The third-order valence-corrected chi connectivity index (χ3v) is 0. The Morgan fingerprint density at radius 1 is 0.600 bits per heavy atom. The molecule has 0 saturated carbocycles. The first-order valence-corrected chi connectivity index (χ1v) is 0. The van der Waals surface area contributed by atoms with E-state index in [2.05, 4.69) is 0 Å². The standard InChI is InChI=1S/Fe.3S.W/q+2;3*-2;+4. The zero-order valence-corrected chi connectivity index (χ0v) is 8.47. The van der Waals surface area contributed by atoms with E-state index in [1.54, 1.807) is 0 Å². The zero-order chi connectivity index (χ0) is 0. The summed E-state index contributed by atoms with van der Waals surface area (Å²) >= 11 is 0. The van der Waals surface area contributed by atoms with Gasteiger partial charge in [-0.3, -0.25) is 0 Å². The van der Waals surface area contributed by atoms with Gasteiger partial charge in [0.25, 0.3) is 0 Å². The van der Waals surface area contributed by atoms with Crippen molar-refractivity contribution < 1.29 is 38.1 Å². The molecule has 0 aromatic rings. The third kappa shape index (κ3) is 22.3. The minimum Gasteiger partial charge on any atom is -2.00 e. The molecule has 0 aliphatic rings. The molecule has 5 heavy (non-hydrogen) atoms. The predicted octanol–water partition coefficient (Wildman–Crippen LogP) is -0.0122. The Bertz CT molecular complexity index is 6.85. The second-order valence-corrected chi connectivity index (χ2v) is 0. The zero-order valence-electron chi connectivity index (χ0n) is 1.99. The Balaban J connectivity index is 0. The maximum absolute atomic E-state index is 0. The molecule has 0 aliphatic heterocycles. The van der Waals surface area contributed by atoms with Gasteiger partial charge in [0.2, 0.25) is 0 Å². The van der Waals surface area contributed by atoms with E-state index in [1.807, 2.05) is 0 Å². The molecule has 0 heterocycles. The molecule has 0 aromatic heterocycles. The van der Waals surface area contributed by atoms with E-state index in [0.29, 0.717) is 0 Å². The molecule has 0 amide bonds. The van der Waals surface area contributed by atoms with Crippen molar-refractivity contribution in [3.63, 3.8) is 0 Å². The summed E-state index contributed by atoms with van der Waals surface area (Å²) in [5.41, 5.74) is 0. The summed E-state index contributed by atoms with van der Waals surface area (Å²) in [4.78, 5) is 0. The van der Waals surface area contributed by atoms with Gasteiger partial charge in [0.1, 0.15) is 0 Å². The topological polar surface area (TPSA) is 0 Å². The van der Waals surface area contributed by atoms with Crippen LogP contribution in [0.2, 0.25) is 0 Å². The minimum atomic E-state index is 0. The Morgan fingerprint density at radius 3 is 0.600 bits per heavy atom. The molecule has 0 unspecified atom stereocenters. The van der Waals surface area contributed by atoms with Gasteiger partial charge in [-0.15, -0.1) is 0 Å². The fourth-order valence-corrected chi connectivity index (χ4v) is 0. The first-order chi connectivity index (χ1) is 0. The van der Waals surface area contributed by atoms with Crippen LogP contribution in [0.25, 0.3) is 0 Å². The number of hydrogen-bond acceptors (Lipinski definition) is 0. The van der Waals surface area contributed by atoms with Crippen molar-refractivity contribution in [1.82, 2.24) is 0 Å². The fraction of sp³-hybridized carbons (Fsp3) is 0. The summed E-state index contributed by atoms with van der Waals surface area (Å²) in [6, 6.07) is 0. The quantitative estimate of drug-likeness (QED) is 0.546. The van der Waals surface area contributed by atoms with Crippen molar-refractivity contribution in [1.29, 1.82) is 0 Å². The van der Waals surface area contributed by atoms with Crippen molar-refractivity contribution in [2.24, 2.45) is 0 Å². The smallest absolute Gasteiger partial charge is 2.00 e. The van der Waals surface area contributed by atoms with Gasteiger partial charge in [0.15, 0.2) is 0 Å². The first-order valence-electron chi connectivity index (χ1n) is 0. The molecule has 0 spiro atoms. The summed E-state index contributed by atoms with van der Waals surface area (Å²) in [5.74, 6) is 0. The van der Waals surface area contributed by atoms with Crippen molar-refractivity contribution in [2.45, 2.75) is 0 Å². The molecule has 32 valence electrons. The average molecular weight is 336 g/mol. The molecule has 0 N–H and O–H groups in total. The van der Waals surface area contributed by atoms with Gasteiger partial charge in [-0.25, -0.2) is 0 Å². The van der Waals surface area contributed by atoms with Gasteiger partial charge in [-0.1, -0.05) is 0 Å². The van der Waals surface area contributed by atoms with E-state index in [4.69, 9.17) is 0 Å². The van der Waals surface area contributed by atoms with Crippen molar-refractivity contribution >= 4 is 40.5 Å². The largest absolute Gasteiger partial charge is 4.00 e. The Morgan fingerprint density at radius 2 is 0.600 bits per heavy atom.